The molecule has 2 aliphatic rings. The first kappa shape index (κ1) is 32.3. The van der Waals surface area contributed by atoms with Crippen molar-refractivity contribution in [1.82, 2.24) is 9.21 Å². The van der Waals surface area contributed by atoms with Crippen molar-refractivity contribution in [3.05, 3.63) is 104 Å². The highest BCUT2D eigenvalue weighted by molar-refractivity contribution is 7.89. The molecule has 1 saturated heterocycles. The molecule has 0 aliphatic carbocycles. The molecule has 0 bridgehead atoms. The first-order valence-corrected chi connectivity index (χ1v) is 16.3. The molecule has 13 heteroatoms. The van der Waals surface area contributed by atoms with Gasteiger partial charge in [-0.1, -0.05) is 40.9 Å². The summed E-state index contributed by atoms with van der Waals surface area (Å²) >= 11 is 18.3. The van der Waals surface area contributed by atoms with Gasteiger partial charge in [0.15, 0.2) is 0 Å². The number of nitrogens with zero attached hydrogens (tertiary/aromatic N) is 2. The highest BCUT2D eigenvalue weighted by atomic mass is 35.5. The number of hydrogen-bond acceptors (Lipinski definition) is 7. The van der Waals surface area contributed by atoms with Crippen molar-refractivity contribution in [3.63, 3.8) is 0 Å². The van der Waals surface area contributed by atoms with E-state index in [1.165, 1.54) is 46.7 Å². The second kappa shape index (κ2) is 13.5. The highest BCUT2D eigenvalue weighted by Gasteiger charge is 2.39. The predicted octanol–water partition coefficient (Wildman–Crippen LogP) is 6.48. The maximum atomic E-state index is 13.8. The van der Waals surface area contributed by atoms with Crippen LogP contribution in [0, 0.1) is 0 Å². The topological polar surface area (TPSA) is 106 Å². The Bertz CT molecular complexity index is 1740. The summed E-state index contributed by atoms with van der Waals surface area (Å²) in [6, 6.07) is 14.0. The van der Waals surface area contributed by atoms with Crippen molar-refractivity contribution in [3.8, 4) is 0 Å². The Kier molecular flexibility index (Phi) is 9.89. The lowest BCUT2D eigenvalue weighted by atomic mass is 10.1. The molecule has 2 aliphatic heterocycles. The van der Waals surface area contributed by atoms with E-state index >= 15 is 0 Å². The lowest BCUT2D eigenvalue weighted by Gasteiger charge is -2.22. The van der Waals surface area contributed by atoms with Crippen LogP contribution < -0.4 is 0 Å². The number of hydrogen-bond donors (Lipinski definition) is 0. The number of halogens is 3. The zero-order chi connectivity index (χ0) is 31.6. The lowest BCUT2D eigenvalue weighted by Crippen LogP contribution is -2.33. The molecule has 9 nitrogen and oxygen atoms in total. The van der Waals surface area contributed by atoms with Crippen LogP contribution in [0.3, 0.4) is 0 Å². The molecule has 44 heavy (non-hydrogen) atoms. The zero-order valence-electron chi connectivity index (χ0n) is 23.9. The Morgan fingerprint density at radius 2 is 1.82 bits per heavy atom. The Balaban J connectivity index is 1.45. The van der Waals surface area contributed by atoms with Crippen LogP contribution in [0.1, 0.15) is 36.8 Å². The van der Waals surface area contributed by atoms with Crippen molar-refractivity contribution in [2.24, 2.45) is 0 Å². The molecule has 1 aromatic heterocycles. The number of ether oxygens (including phenoxy) is 2. The van der Waals surface area contributed by atoms with E-state index in [9.17, 15) is 18.0 Å². The summed E-state index contributed by atoms with van der Waals surface area (Å²) in [6.07, 6.45) is 3.08. The van der Waals surface area contributed by atoms with Crippen LogP contribution in [0.4, 0.5) is 0 Å². The summed E-state index contributed by atoms with van der Waals surface area (Å²) in [4.78, 5) is 27.8. The maximum absolute atomic E-state index is 13.8. The van der Waals surface area contributed by atoms with Gasteiger partial charge in [0.05, 0.1) is 52.4 Å². The van der Waals surface area contributed by atoms with E-state index in [2.05, 4.69) is 0 Å². The fourth-order valence-electron chi connectivity index (χ4n) is 5.14. The first-order valence-electron chi connectivity index (χ1n) is 13.7. The van der Waals surface area contributed by atoms with E-state index in [0.29, 0.717) is 45.2 Å². The van der Waals surface area contributed by atoms with Crippen molar-refractivity contribution < 1.29 is 31.9 Å². The summed E-state index contributed by atoms with van der Waals surface area (Å²) < 4.78 is 45.4. The van der Waals surface area contributed by atoms with Gasteiger partial charge in [0.1, 0.15) is 11.5 Å². The Morgan fingerprint density at radius 1 is 1.07 bits per heavy atom. The second-order valence-electron chi connectivity index (χ2n) is 10.3. The fraction of sp³-hybridized carbons (Fsp3) is 0.290. The van der Waals surface area contributed by atoms with Crippen molar-refractivity contribution in [2.45, 2.75) is 43.9 Å². The summed E-state index contributed by atoms with van der Waals surface area (Å²) in [5.74, 6) is -0.459. The number of amides is 1. The van der Waals surface area contributed by atoms with E-state index in [1.807, 2.05) is 0 Å². The Labute approximate surface area is 270 Å². The van der Waals surface area contributed by atoms with E-state index in [0.717, 1.165) is 12.8 Å². The summed E-state index contributed by atoms with van der Waals surface area (Å²) in [6.45, 7) is 2.46. The number of allylic oxidation sites excluding steroid dienone is 1. The van der Waals surface area contributed by atoms with Gasteiger partial charge in [0.2, 0.25) is 10.0 Å². The van der Waals surface area contributed by atoms with E-state index in [4.69, 9.17) is 48.7 Å². The predicted molar refractivity (Wildman–Crippen MR) is 166 cm³/mol. The molecule has 0 radical (unpaired) electrons. The smallest absolute Gasteiger partial charge is 0.340 e. The molecule has 0 unspecified atom stereocenters. The molecular weight excluding hydrogens is 651 g/mol. The third kappa shape index (κ3) is 6.91. The van der Waals surface area contributed by atoms with Crippen LogP contribution in [0.15, 0.2) is 80.8 Å². The van der Waals surface area contributed by atoms with Gasteiger partial charge in [-0.15, -0.1) is 0 Å². The molecule has 3 heterocycles. The lowest BCUT2D eigenvalue weighted by molar-refractivity contribution is -0.136. The van der Waals surface area contributed by atoms with Crippen LogP contribution in [0.2, 0.25) is 15.1 Å². The quantitative estimate of drug-likeness (QED) is 0.178. The number of rotatable bonds is 10. The van der Waals surface area contributed by atoms with Crippen LogP contribution in [-0.2, 0) is 42.2 Å². The van der Waals surface area contributed by atoms with Crippen molar-refractivity contribution in [2.75, 3.05) is 20.3 Å². The Hall–Kier alpha value is -3.12. The minimum Gasteiger partial charge on any atom is -0.465 e. The molecular formula is C31H29Cl3N2O7S. The third-order valence-corrected chi connectivity index (χ3v) is 10.2. The van der Waals surface area contributed by atoms with Gasteiger partial charge >= 0.3 is 5.97 Å². The first-order chi connectivity index (χ1) is 21.0. The van der Waals surface area contributed by atoms with Gasteiger partial charge in [-0.3, -0.25) is 4.79 Å². The van der Waals surface area contributed by atoms with Gasteiger partial charge in [0.25, 0.3) is 5.91 Å². The molecule has 0 saturated carbocycles. The fourth-order valence-corrected chi connectivity index (χ4v) is 6.98. The molecule has 5 rings (SSSR count). The van der Waals surface area contributed by atoms with E-state index in [-0.39, 0.29) is 46.9 Å². The molecule has 0 N–H and O–H groups in total. The number of carbonyl (C=O) groups excluding carboxylic acids is 2. The van der Waals surface area contributed by atoms with Crippen LogP contribution in [0.25, 0.3) is 6.08 Å². The maximum Gasteiger partial charge on any atom is 0.340 e. The second-order valence-corrected chi connectivity index (χ2v) is 13.5. The van der Waals surface area contributed by atoms with Crippen LogP contribution >= 0.6 is 34.8 Å². The third-order valence-electron chi connectivity index (χ3n) is 7.41. The number of carbonyl (C=O) groups is 2. The van der Waals surface area contributed by atoms with Crippen molar-refractivity contribution in [1.29, 1.82) is 0 Å². The van der Waals surface area contributed by atoms with E-state index in [1.54, 1.807) is 37.3 Å². The molecule has 1 fully saturated rings. The summed E-state index contributed by atoms with van der Waals surface area (Å²) in [5, 5.41) is 1.03. The molecule has 3 aromatic rings. The normalized spacial score (nSPS) is 18.2. The number of sulfonamides is 1. The summed E-state index contributed by atoms with van der Waals surface area (Å²) in [5.41, 5.74) is 1.34. The average Bonchev–Trinajstić information content (AvgIpc) is 3.73. The van der Waals surface area contributed by atoms with Gasteiger partial charge in [-0.2, -0.15) is 4.31 Å². The number of benzene rings is 2. The largest absolute Gasteiger partial charge is 0.465 e. The monoisotopic (exact) mass is 678 g/mol. The Morgan fingerprint density at radius 3 is 2.48 bits per heavy atom. The van der Waals surface area contributed by atoms with E-state index < -0.39 is 16.0 Å². The van der Waals surface area contributed by atoms with Crippen LogP contribution in [-0.4, -0.2) is 55.9 Å². The van der Waals surface area contributed by atoms with Gasteiger partial charge in [-0.05, 0) is 79.9 Å². The number of methoxy groups -OCH3 is 1. The SMILES string of the molecule is COC(=O)C1=C(C)N(C[C@@H]2CCCO2)C(=O)/C1=C/c1ccc(CN(Cc2ccc(Cl)c(Cl)c2)S(=O)(=O)c2ccc(Cl)cc2)o1. The molecule has 2 aromatic carbocycles. The molecule has 0 spiro atoms. The van der Waals surface area contributed by atoms with Gasteiger partial charge in [-0.25, -0.2) is 13.2 Å². The van der Waals surface area contributed by atoms with Crippen molar-refractivity contribution >= 4 is 62.8 Å². The zero-order valence-corrected chi connectivity index (χ0v) is 27.0. The standard InChI is InChI=1S/C31H29Cl3N2O7S/c1-19-29(31(38)41-2)26(30(37)36(19)18-23-4-3-13-42-23)15-22-8-9-24(43-22)17-35(16-20-5-12-27(33)28(34)14-20)44(39,40)25-10-6-21(32)7-11-25/h5-12,14-15,23H,3-4,13,16-18H2,1-2H3/b26-15+/t23-/m0/s1. The highest BCUT2D eigenvalue weighted by Crippen LogP contribution is 2.34. The molecule has 1 atom stereocenters. The number of esters is 1. The minimum absolute atomic E-state index is 0.0376. The minimum atomic E-state index is -4.03. The number of furan rings is 1. The average molecular weight is 680 g/mol. The molecule has 232 valence electrons. The summed E-state index contributed by atoms with van der Waals surface area (Å²) in [7, 11) is -2.77. The molecule has 1 amide bonds. The van der Waals surface area contributed by atoms with Gasteiger partial charge in [0, 0.05) is 23.9 Å². The van der Waals surface area contributed by atoms with Crippen LogP contribution in [0.5, 0.6) is 0 Å². The van der Waals surface area contributed by atoms with Gasteiger partial charge < -0.3 is 18.8 Å².